The van der Waals surface area contributed by atoms with Crippen LogP contribution >= 0.6 is 0 Å². The van der Waals surface area contributed by atoms with Gasteiger partial charge in [-0.2, -0.15) is 0 Å². The average molecular weight is 247 g/mol. The van der Waals surface area contributed by atoms with E-state index in [0.29, 0.717) is 5.56 Å². The van der Waals surface area contributed by atoms with Gasteiger partial charge >= 0.3 is 0 Å². The molecule has 0 saturated carbocycles. The molecule has 3 nitrogen and oxygen atoms in total. The molecule has 18 heavy (non-hydrogen) atoms. The van der Waals surface area contributed by atoms with Gasteiger partial charge in [0.1, 0.15) is 0 Å². The van der Waals surface area contributed by atoms with Crippen LogP contribution in [0.15, 0.2) is 24.3 Å². The molecule has 2 rings (SSSR count). The second-order valence-electron chi connectivity index (χ2n) is 5.90. The first-order chi connectivity index (χ1) is 8.23. The molecule has 1 fully saturated rings. The van der Waals surface area contributed by atoms with Gasteiger partial charge in [-0.3, -0.25) is 4.79 Å². The minimum Gasteiger partial charge on any atom is -0.374 e. The topological polar surface area (TPSA) is 40.5 Å². The number of β-lactam (4-membered cyclic amide) rings is 1. The fourth-order valence-corrected chi connectivity index (χ4v) is 2.96. The number of rotatable bonds is 2. The number of hydrogen-bond acceptors (Lipinski definition) is 2. The van der Waals surface area contributed by atoms with E-state index < -0.39 is 11.1 Å². The Morgan fingerprint density at radius 3 is 2.06 bits per heavy atom. The van der Waals surface area contributed by atoms with E-state index in [4.69, 9.17) is 0 Å². The van der Waals surface area contributed by atoms with Gasteiger partial charge in [-0.05, 0) is 40.2 Å². The maximum atomic E-state index is 12.3. The summed E-state index contributed by atoms with van der Waals surface area (Å²) >= 11 is 0. The molecule has 1 aromatic carbocycles. The SMILES string of the molecule is Cc1ccc(C2(O)C(=O)N(C(C)C)C2(C)C)cc1. The maximum Gasteiger partial charge on any atom is 0.262 e. The van der Waals surface area contributed by atoms with Gasteiger partial charge in [0.15, 0.2) is 5.60 Å². The zero-order valence-electron chi connectivity index (χ0n) is 11.7. The number of benzene rings is 1. The molecule has 1 unspecified atom stereocenters. The molecule has 3 heteroatoms. The van der Waals surface area contributed by atoms with Crippen LogP contribution < -0.4 is 0 Å². The van der Waals surface area contributed by atoms with E-state index in [-0.39, 0.29) is 11.9 Å². The van der Waals surface area contributed by atoms with Crippen molar-refractivity contribution >= 4 is 5.91 Å². The highest BCUT2D eigenvalue weighted by Gasteiger charge is 2.67. The average Bonchev–Trinajstić information content (AvgIpc) is 2.28. The Bertz CT molecular complexity index is 476. The Morgan fingerprint density at radius 1 is 1.17 bits per heavy atom. The van der Waals surface area contributed by atoms with E-state index in [0.717, 1.165) is 5.56 Å². The number of carbonyl (C=O) groups is 1. The molecule has 0 radical (unpaired) electrons. The summed E-state index contributed by atoms with van der Waals surface area (Å²) in [4.78, 5) is 14.0. The van der Waals surface area contributed by atoms with Crippen molar-refractivity contribution in [2.24, 2.45) is 0 Å². The highest BCUT2D eigenvalue weighted by molar-refractivity contribution is 5.95. The molecule has 0 spiro atoms. The second-order valence-corrected chi connectivity index (χ2v) is 5.90. The van der Waals surface area contributed by atoms with E-state index in [1.807, 2.05) is 58.9 Å². The van der Waals surface area contributed by atoms with E-state index in [2.05, 4.69) is 0 Å². The van der Waals surface area contributed by atoms with Crippen molar-refractivity contribution in [3.05, 3.63) is 35.4 Å². The van der Waals surface area contributed by atoms with Crippen molar-refractivity contribution in [2.75, 3.05) is 0 Å². The Balaban J connectivity index is 2.44. The van der Waals surface area contributed by atoms with Crippen LogP contribution in [-0.4, -0.2) is 27.5 Å². The van der Waals surface area contributed by atoms with E-state index >= 15 is 0 Å². The molecule has 1 saturated heterocycles. The van der Waals surface area contributed by atoms with E-state index in [1.54, 1.807) is 4.90 Å². The lowest BCUT2D eigenvalue weighted by molar-refractivity contribution is -0.221. The highest BCUT2D eigenvalue weighted by atomic mass is 16.3. The molecule has 1 amide bonds. The third kappa shape index (κ3) is 1.43. The lowest BCUT2D eigenvalue weighted by Gasteiger charge is -2.61. The zero-order chi connectivity index (χ0) is 13.7. The number of aliphatic hydroxyl groups is 1. The van der Waals surface area contributed by atoms with Crippen molar-refractivity contribution in [2.45, 2.75) is 51.8 Å². The number of likely N-dealkylation sites (tertiary alicyclic amines) is 1. The Hall–Kier alpha value is -1.35. The van der Waals surface area contributed by atoms with Crippen LogP contribution in [0.25, 0.3) is 0 Å². The van der Waals surface area contributed by atoms with Gasteiger partial charge in [-0.25, -0.2) is 0 Å². The summed E-state index contributed by atoms with van der Waals surface area (Å²) in [5.74, 6) is -0.202. The summed E-state index contributed by atoms with van der Waals surface area (Å²) < 4.78 is 0. The first-order valence-corrected chi connectivity index (χ1v) is 6.36. The Labute approximate surface area is 108 Å². The van der Waals surface area contributed by atoms with Crippen LogP contribution in [0.3, 0.4) is 0 Å². The molecular formula is C15H21NO2. The van der Waals surface area contributed by atoms with Crippen molar-refractivity contribution in [1.29, 1.82) is 0 Å². The summed E-state index contributed by atoms with van der Waals surface area (Å²) in [5.41, 5.74) is -0.175. The third-order valence-corrected chi connectivity index (χ3v) is 4.00. The van der Waals surface area contributed by atoms with Crippen molar-refractivity contribution in [1.82, 2.24) is 4.90 Å². The Kier molecular flexibility index (Phi) is 2.78. The van der Waals surface area contributed by atoms with Crippen LogP contribution in [0.1, 0.15) is 38.8 Å². The number of hydrogen-bond donors (Lipinski definition) is 1. The number of aryl methyl sites for hydroxylation is 1. The molecule has 1 atom stereocenters. The van der Waals surface area contributed by atoms with Gasteiger partial charge in [0, 0.05) is 6.04 Å². The highest BCUT2D eigenvalue weighted by Crippen LogP contribution is 2.49. The molecule has 0 bridgehead atoms. The van der Waals surface area contributed by atoms with Gasteiger partial charge in [-0.15, -0.1) is 0 Å². The quantitative estimate of drug-likeness (QED) is 0.814. The first-order valence-electron chi connectivity index (χ1n) is 6.36. The van der Waals surface area contributed by atoms with E-state index in [9.17, 15) is 9.90 Å². The molecule has 1 N–H and O–H groups in total. The predicted octanol–water partition coefficient (Wildman–Crippen LogP) is 2.21. The second kappa shape index (κ2) is 3.82. The predicted molar refractivity (Wildman–Crippen MR) is 71.1 cm³/mol. The van der Waals surface area contributed by atoms with Gasteiger partial charge in [-0.1, -0.05) is 29.8 Å². The monoisotopic (exact) mass is 247 g/mol. The van der Waals surface area contributed by atoms with Crippen LogP contribution in [0.5, 0.6) is 0 Å². The van der Waals surface area contributed by atoms with Gasteiger partial charge in [0.05, 0.1) is 5.54 Å². The zero-order valence-corrected chi connectivity index (χ0v) is 11.7. The third-order valence-electron chi connectivity index (χ3n) is 4.00. The van der Waals surface area contributed by atoms with Crippen molar-refractivity contribution < 1.29 is 9.90 Å². The van der Waals surface area contributed by atoms with Crippen molar-refractivity contribution in [3.8, 4) is 0 Å². The molecule has 1 aliphatic rings. The molecule has 1 aliphatic heterocycles. The van der Waals surface area contributed by atoms with Crippen LogP contribution in [0.4, 0.5) is 0 Å². The van der Waals surface area contributed by atoms with Crippen LogP contribution in [0, 0.1) is 6.92 Å². The number of amides is 1. The molecule has 98 valence electrons. The van der Waals surface area contributed by atoms with Crippen LogP contribution in [0.2, 0.25) is 0 Å². The maximum absolute atomic E-state index is 12.3. The van der Waals surface area contributed by atoms with Gasteiger partial charge < -0.3 is 10.0 Å². The summed E-state index contributed by atoms with van der Waals surface area (Å²) in [7, 11) is 0. The molecule has 0 aromatic heterocycles. The summed E-state index contributed by atoms with van der Waals surface area (Å²) in [5, 5.41) is 10.8. The molecule has 0 aliphatic carbocycles. The fourth-order valence-electron chi connectivity index (χ4n) is 2.96. The van der Waals surface area contributed by atoms with Gasteiger partial charge in [0.25, 0.3) is 5.91 Å². The smallest absolute Gasteiger partial charge is 0.262 e. The molecule has 1 heterocycles. The summed E-state index contributed by atoms with van der Waals surface area (Å²) in [6.45, 7) is 9.74. The minimum absolute atomic E-state index is 0.0956. The fraction of sp³-hybridized carbons (Fsp3) is 0.533. The lowest BCUT2D eigenvalue weighted by Crippen LogP contribution is -2.79. The number of nitrogens with zero attached hydrogens (tertiary/aromatic N) is 1. The molecular weight excluding hydrogens is 226 g/mol. The van der Waals surface area contributed by atoms with E-state index in [1.165, 1.54) is 0 Å². The largest absolute Gasteiger partial charge is 0.374 e. The number of carbonyl (C=O) groups excluding carboxylic acids is 1. The van der Waals surface area contributed by atoms with Crippen molar-refractivity contribution in [3.63, 3.8) is 0 Å². The first kappa shape index (κ1) is 13.1. The summed E-state index contributed by atoms with van der Waals surface area (Å²) in [6, 6.07) is 7.63. The molecule has 1 aromatic rings. The lowest BCUT2D eigenvalue weighted by atomic mass is 9.66. The standard InChI is InChI=1S/C15H21NO2/c1-10(2)16-13(17)15(18,14(16,4)5)12-8-6-11(3)7-9-12/h6-10,18H,1-5H3. The van der Waals surface area contributed by atoms with Gasteiger partial charge in [0.2, 0.25) is 0 Å². The Morgan fingerprint density at radius 2 is 1.67 bits per heavy atom. The van der Waals surface area contributed by atoms with Crippen LogP contribution in [-0.2, 0) is 10.4 Å². The minimum atomic E-state index is -1.40. The normalized spacial score (nSPS) is 26.4. The summed E-state index contributed by atoms with van der Waals surface area (Å²) in [6.07, 6.45) is 0.